The van der Waals surface area contributed by atoms with E-state index in [-0.39, 0.29) is 10.6 Å². The number of aryl methyl sites for hydroxylation is 1. The molecule has 0 saturated carbocycles. The molecule has 1 aromatic heterocycles. The zero-order valence-electron chi connectivity index (χ0n) is 20.6. The van der Waals surface area contributed by atoms with Crippen LogP contribution in [0.2, 0.25) is 0 Å². The molecule has 2 aliphatic rings. The highest BCUT2D eigenvalue weighted by Crippen LogP contribution is 2.31. The van der Waals surface area contributed by atoms with Crippen LogP contribution in [0, 0.1) is 10.1 Å². The maximum Gasteiger partial charge on any atom is 0.315 e. The lowest BCUT2D eigenvalue weighted by Gasteiger charge is -2.35. The molecule has 1 saturated heterocycles. The molecule has 2 N–H and O–H groups in total. The summed E-state index contributed by atoms with van der Waals surface area (Å²) in [5.74, 6) is 0. The van der Waals surface area contributed by atoms with Crippen molar-refractivity contribution in [2.45, 2.75) is 25.9 Å². The monoisotopic (exact) mass is 567 g/mol. The molecule has 2 amide bonds. The molecule has 0 atom stereocenters. The van der Waals surface area contributed by atoms with Gasteiger partial charge in [-0.1, -0.05) is 40.2 Å². The molecule has 2 aromatic carbocycles. The molecule has 194 valence electrons. The quantitative estimate of drug-likeness (QED) is 0.342. The second-order valence-electron chi connectivity index (χ2n) is 9.44. The van der Waals surface area contributed by atoms with Crippen molar-refractivity contribution < 1.29 is 9.72 Å². The van der Waals surface area contributed by atoms with Crippen LogP contribution in [0.25, 0.3) is 11.3 Å². The molecule has 0 aliphatic carbocycles. The van der Waals surface area contributed by atoms with Crippen LogP contribution < -0.4 is 10.6 Å². The third-order valence-corrected chi connectivity index (χ3v) is 7.73. The Kier molecular flexibility index (Phi) is 7.43. The van der Waals surface area contributed by atoms with E-state index in [4.69, 9.17) is 10.8 Å². The first-order valence-electron chi connectivity index (χ1n) is 12.5. The number of hydrogen-bond donors (Lipinski definition) is 1. The molecule has 11 heteroatoms. The standard InChI is InChI=1S/C26H30BrN7O3/c27-20-8-6-19(7-9-20)25-21-18-32(26(28)35)13-10-22(21)33(29-25)12-3-11-30-14-16-31(17-15-30)23-4-1-2-5-24(23)34(36)37/h1-2,4-9H,3,10-18H2,(H2,28,35). The van der Waals surface area contributed by atoms with Crippen LogP contribution >= 0.6 is 15.9 Å². The number of nitrogens with two attached hydrogens (primary N) is 1. The number of para-hydroxylation sites is 2. The third kappa shape index (κ3) is 5.47. The Morgan fingerprint density at radius 2 is 1.76 bits per heavy atom. The number of urea groups is 1. The van der Waals surface area contributed by atoms with Crippen molar-refractivity contribution in [2.75, 3.05) is 44.2 Å². The van der Waals surface area contributed by atoms with E-state index in [1.54, 1.807) is 17.0 Å². The molecule has 0 spiro atoms. The van der Waals surface area contributed by atoms with Gasteiger partial charge < -0.3 is 15.5 Å². The smallest absolute Gasteiger partial charge is 0.315 e. The number of carbonyl (C=O) groups excluding carboxylic acids is 1. The Morgan fingerprint density at radius 3 is 2.46 bits per heavy atom. The summed E-state index contributed by atoms with van der Waals surface area (Å²) in [6, 6.07) is 14.6. The number of amides is 2. The number of nitro groups is 1. The van der Waals surface area contributed by atoms with Gasteiger partial charge >= 0.3 is 6.03 Å². The summed E-state index contributed by atoms with van der Waals surface area (Å²) < 4.78 is 3.11. The van der Waals surface area contributed by atoms with Gasteiger partial charge in [0.2, 0.25) is 0 Å². The lowest BCUT2D eigenvalue weighted by Crippen LogP contribution is -2.47. The summed E-state index contributed by atoms with van der Waals surface area (Å²) in [5, 5.41) is 16.4. The van der Waals surface area contributed by atoms with Crippen LogP contribution in [0.5, 0.6) is 0 Å². The summed E-state index contributed by atoms with van der Waals surface area (Å²) in [7, 11) is 0. The van der Waals surface area contributed by atoms with Crippen LogP contribution in [0.3, 0.4) is 0 Å². The highest BCUT2D eigenvalue weighted by atomic mass is 79.9. The van der Waals surface area contributed by atoms with Crippen molar-refractivity contribution in [3.63, 3.8) is 0 Å². The highest BCUT2D eigenvalue weighted by molar-refractivity contribution is 9.10. The molecule has 3 aromatic rings. The maximum absolute atomic E-state index is 11.8. The zero-order chi connectivity index (χ0) is 25.9. The Morgan fingerprint density at radius 1 is 1.03 bits per heavy atom. The molecular weight excluding hydrogens is 538 g/mol. The van der Waals surface area contributed by atoms with E-state index < -0.39 is 6.03 Å². The molecule has 0 bridgehead atoms. The van der Waals surface area contributed by atoms with Crippen molar-refractivity contribution in [1.29, 1.82) is 0 Å². The van der Waals surface area contributed by atoms with E-state index in [9.17, 15) is 14.9 Å². The second-order valence-corrected chi connectivity index (χ2v) is 10.4. The first-order chi connectivity index (χ1) is 17.9. The molecule has 37 heavy (non-hydrogen) atoms. The number of piperazine rings is 1. The van der Waals surface area contributed by atoms with Crippen molar-refractivity contribution in [2.24, 2.45) is 5.73 Å². The number of rotatable bonds is 7. The number of nitrogens with zero attached hydrogens (tertiary/aromatic N) is 6. The van der Waals surface area contributed by atoms with Crippen molar-refractivity contribution in [3.05, 3.63) is 74.4 Å². The molecule has 2 aliphatic heterocycles. The normalized spacial score (nSPS) is 16.0. The number of benzene rings is 2. The van der Waals surface area contributed by atoms with E-state index >= 15 is 0 Å². The Balaban J connectivity index is 1.23. The fraction of sp³-hybridized carbons (Fsp3) is 0.385. The number of hydrogen-bond acceptors (Lipinski definition) is 6. The SMILES string of the molecule is NC(=O)N1CCc2c(c(-c3ccc(Br)cc3)nn2CCCN2CCN(c3ccccc3[N+](=O)[O-])CC2)C1. The molecule has 0 radical (unpaired) electrons. The first kappa shape index (κ1) is 25.2. The highest BCUT2D eigenvalue weighted by Gasteiger charge is 2.27. The minimum atomic E-state index is -0.403. The Hall–Kier alpha value is -3.44. The number of carbonyl (C=O) groups is 1. The number of halogens is 1. The molecule has 5 rings (SSSR count). The lowest BCUT2D eigenvalue weighted by molar-refractivity contribution is -0.384. The maximum atomic E-state index is 11.8. The van der Waals surface area contributed by atoms with E-state index in [0.717, 1.165) is 73.4 Å². The summed E-state index contributed by atoms with van der Waals surface area (Å²) in [5.41, 5.74) is 10.6. The van der Waals surface area contributed by atoms with Crippen LogP contribution in [-0.4, -0.2) is 69.8 Å². The van der Waals surface area contributed by atoms with Gasteiger partial charge in [0.1, 0.15) is 5.69 Å². The van der Waals surface area contributed by atoms with Gasteiger partial charge in [-0.15, -0.1) is 0 Å². The molecule has 3 heterocycles. The average molecular weight is 568 g/mol. The number of aromatic nitrogens is 2. The molecular formula is C26H30BrN7O3. The number of fused-ring (bicyclic) bond motifs is 1. The largest absolute Gasteiger partial charge is 0.363 e. The molecule has 0 unspecified atom stereocenters. The summed E-state index contributed by atoms with van der Waals surface area (Å²) in [4.78, 5) is 29.1. The van der Waals surface area contributed by atoms with Crippen molar-refractivity contribution >= 4 is 33.3 Å². The second kappa shape index (κ2) is 10.9. The van der Waals surface area contributed by atoms with E-state index in [1.807, 2.05) is 36.4 Å². The number of nitro benzene ring substituents is 1. The van der Waals surface area contributed by atoms with E-state index in [1.165, 1.54) is 5.69 Å². The van der Waals surface area contributed by atoms with E-state index in [2.05, 4.69) is 30.4 Å². The van der Waals surface area contributed by atoms with Crippen LogP contribution in [0.15, 0.2) is 53.0 Å². The minimum Gasteiger partial charge on any atom is -0.363 e. The number of anilines is 1. The van der Waals surface area contributed by atoms with Crippen LogP contribution in [0.1, 0.15) is 17.7 Å². The fourth-order valence-electron chi connectivity index (χ4n) is 5.25. The van der Waals surface area contributed by atoms with Gasteiger partial charge in [0.25, 0.3) is 5.69 Å². The molecule has 1 fully saturated rings. The first-order valence-corrected chi connectivity index (χ1v) is 13.3. The van der Waals surface area contributed by atoms with Crippen molar-refractivity contribution in [1.82, 2.24) is 19.6 Å². The molecule has 10 nitrogen and oxygen atoms in total. The van der Waals surface area contributed by atoms with Crippen molar-refractivity contribution in [3.8, 4) is 11.3 Å². The van der Waals surface area contributed by atoms with Gasteiger partial charge in [0.05, 0.1) is 17.2 Å². The minimum absolute atomic E-state index is 0.163. The summed E-state index contributed by atoms with van der Waals surface area (Å²) in [6.07, 6.45) is 1.68. The van der Waals surface area contributed by atoms with E-state index in [0.29, 0.717) is 18.8 Å². The average Bonchev–Trinajstić information content (AvgIpc) is 3.27. The Labute approximate surface area is 223 Å². The predicted octanol–water partition coefficient (Wildman–Crippen LogP) is 3.87. The van der Waals surface area contributed by atoms with Gasteiger partial charge in [0, 0.05) is 79.6 Å². The Bertz CT molecular complexity index is 1290. The van der Waals surface area contributed by atoms with Gasteiger partial charge in [-0.2, -0.15) is 5.10 Å². The van der Waals surface area contributed by atoms with Crippen LogP contribution in [0.4, 0.5) is 16.2 Å². The zero-order valence-corrected chi connectivity index (χ0v) is 22.1. The summed E-state index contributed by atoms with van der Waals surface area (Å²) >= 11 is 3.49. The van der Waals surface area contributed by atoms with Gasteiger partial charge in [-0.25, -0.2) is 4.79 Å². The predicted molar refractivity (Wildman–Crippen MR) is 145 cm³/mol. The topological polar surface area (TPSA) is 114 Å². The summed E-state index contributed by atoms with van der Waals surface area (Å²) in [6.45, 7) is 6.05. The van der Waals surface area contributed by atoms with Gasteiger partial charge in [0.15, 0.2) is 0 Å². The van der Waals surface area contributed by atoms with Gasteiger partial charge in [-0.05, 0) is 24.6 Å². The van der Waals surface area contributed by atoms with Crippen LogP contribution in [-0.2, 0) is 19.5 Å². The van der Waals surface area contributed by atoms with Gasteiger partial charge in [-0.3, -0.25) is 19.7 Å². The number of primary amides is 1. The third-order valence-electron chi connectivity index (χ3n) is 7.20. The fourth-order valence-corrected chi connectivity index (χ4v) is 5.51. The lowest BCUT2D eigenvalue weighted by atomic mass is 10.0.